The van der Waals surface area contributed by atoms with Crippen LogP contribution in [0.15, 0.2) is 17.4 Å². The Hall–Kier alpha value is -1.80. The lowest BCUT2D eigenvalue weighted by molar-refractivity contribution is 0.350. The molecule has 0 unspecified atom stereocenters. The van der Waals surface area contributed by atoms with Crippen molar-refractivity contribution in [3.05, 3.63) is 23.8 Å². The monoisotopic (exact) mass is 309 g/mol. The van der Waals surface area contributed by atoms with Crippen molar-refractivity contribution in [2.45, 2.75) is 30.9 Å². The molecule has 2 heterocycles. The summed E-state index contributed by atoms with van der Waals surface area (Å²) >= 11 is 1.55. The average molecular weight is 309 g/mol. The van der Waals surface area contributed by atoms with E-state index in [0.717, 1.165) is 23.2 Å². The molecule has 0 atom stereocenters. The van der Waals surface area contributed by atoms with Gasteiger partial charge in [-0.15, -0.1) is 10.2 Å². The lowest BCUT2D eigenvalue weighted by Gasteiger charge is -2.11. The van der Waals surface area contributed by atoms with E-state index in [2.05, 4.69) is 15.2 Å². The SMILES string of the molecule is CCn1c(CN)nnc1SCc1nccc(OC)c1OC. The van der Waals surface area contributed by atoms with Gasteiger partial charge in [-0.25, -0.2) is 0 Å². The summed E-state index contributed by atoms with van der Waals surface area (Å²) in [5.41, 5.74) is 6.46. The van der Waals surface area contributed by atoms with E-state index < -0.39 is 0 Å². The first-order valence-electron chi connectivity index (χ1n) is 6.55. The third kappa shape index (κ3) is 3.27. The molecule has 0 amide bonds. The van der Waals surface area contributed by atoms with Gasteiger partial charge in [0.2, 0.25) is 0 Å². The lowest BCUT2D eigenvalue weighted by atomic mass is 10.3. The quantitative estimate of drug-likeness (QED) is 0.775. The van der Waals surface area contributed by atoms with Crippen LogP contribution in [0.5, 0.6) is 11.5 Å². The highest BCUT2D eigenvalue weighted by Crippen LogP contribution is 2.32. The van der Waals surface area contributed by atoms with Crippen molar-refractivity contribution >= 4 is 11.8 Å². The molecular weight excluding hydrogens is 290 g/mol. The molecule has 2 N–H and O–H groups in total. The molecule has 0 spiro atoms. The Labute approximate surface area is 127 Å². The number of hydrogen-bond acceptors (Lipinski definition) is 7. The van der Waals surface area contributed by atoms with Crippen molar-refractivity contribution in [3.63, 3.8) is 0 Å². The number of rotatable bonds is 7. The summed E-state index contributed by atoms with van der Waals surface area (Å²) in [6.45, 7) is 3.20. The molecule has 8 heteroatoms. The molecule has 2 aromatic rings. The molecule has 2 rings (SSSR count). The predicted octanol–water partition coefficient (Wildman–Crippen LogP) is 1.46. The van der Waals surface area contributed by atoms with Gasteiger partial charge in [0.05, 0.1) is 26.5 Å². The van der Waals surface area contributed by atoms with Crippen LogP contribution in [0.25, 0.3) is 0 Å². The van der Waals surface area contributed by atoms with E-state index in [-0.39, 0.29) is 0 Å². The number of pyridine rings is 1. The molecular formula is C13H19N5O2S. The molecule has 0 radical (unpaired) electrons. The fraction of sp³-hybridized carbons (Fsp3) is 0.462. The van der Waals surface area contributed by atoms with Crippen LogP contribution in [0.2, 0.25) is 0 Å². The topological polar surface area (TPSA) is 88.1 Å². The second-order valence-corrected chi connectivity index (χ2v) is 5.07. The summed E-state index contributed by atoms with van der Waals surface area (Å²) in [6.07, 6.45) is 1.70. The maximum Gasteiger partial charge on any atom is 0.191 e. The average Bonchev–Trinajstić information content (AvgIpc) is 2.94. The highest BCUT2D eigenvalue weighted by molar-refractivity contribution is 7.98. The minimum Gasteiger partial charge on any atom is -0.493 e. The van der Waals surface area contributed by atoms with Crippen LogP contribution >= 0.6 is 11.8 Å². The maximum absolute atomic E-state index is 5.65. The van der Waals surface area contributed by atoms with Gasteiger partial charge in [0.15, 0.2) is 16.7 Å². The Kier molecular flexibility index (Phi) is 5.40. The molecule has 7 nitrogen and oxygen atoms in total. The number of nitrogens with zero attached hydrogens (tertiary/aromatic N) is 4. The summed E-state index contributed by atoms with van der Waals surface area (Å²) in [4.78, 5) is 4.35. The molecule has 2 aromatic heterocycles. The summed E-state index contributed by atoms with van der Waals surface area (Å²) in [5, 5.41) is 9.08. The van der Waals surface area contributed by atoms with Gasteiger partial charge in [-0.1, -0.05) is 11.8 Å². The largest absolute Gasteiger partial charge is 0.493 e. The van der Waals surface area contributed by atoms with Crippen LogP contribution in [0.3, 0.4) is 0 Å². The van der Waals surface area contributed by atoms with Gasteiger partial charge in [0.25, 0.3) is 0 Å². The molecule has 0 fully saturated rings. The van der Waals surface area contributed by atoms with E-state index in [1.807, 2.05) is 11.5 Å². The van der Waals surface area contributed by atoms with Gasteiger partial charge in [-0.2, -0.15) is 0 Å². The number of nitrogens with two attached hydrogens (primary N) is 1. The Bertz CT molecular complexity index is 602. The van der Waals surface area contributed by atoms with Crippen molar-refractivity contribution in [1.82, 2.24) is 19.7 Å². The van der Waals surface area contributed by atoms with Crippen molar-refractivity contribution < 1.29 is 9.47 Å². The Morgan fingerprint density at radius 2 is 2.10 bits per heavy atom. The van der Waals surface area contributed by atoms with Crippen LogP contribution in [-0.2, 0) is 18.8 Å². The van der Waals surface area contributed by atoms with Crippen molar-refractivity contribution in [2.24, 2.45) is 5.73 Å². The van der Waals surface area contributed by atoms with Crippen molar-refractivity contribution in [3.8, 4) is 11.5 Å². The fourth-order valence-electron chi connectivity index (χ4n) is 1.98. The second-order valence-electron chi connectivity index (χ2n) is 4.13. The highest BCUT2D eigenvalue weighted by atomic mass is 32.2. The number of ether oxygens (including phenoxy) is 2. The normalized spacial score (nSPS) is 10.7. The molecule has 0 aliphatic carbocycles. The van der Waals surface area contributed by atoms with E-state index >= 15 is 0 Å². The van der Waals surface area contributed by atoms with Crippen LogP contribution < -0.4 is 15.2 Å². The van der Waals surface area contributed by atoms with Crippen molar-refractivity contribution in [1.29, 1.82) is 0 Å². The first-order chi connectivity index (χ1) is 10.2. The minimum atomic E-state index is 0.377. The zero-order valence-corrected chi connectivity index (χ0v) is 13.2. The van der Waals surface area contributed by atoms with Crippen LogP contribution in [0.1, 0.15) is 18.4 Å². The number of aromatic nitrogens is 4. The maximum atomic E-state index is 5.65. The van der Waals surface area contributed by atoms with E-state index in [1.54, 1.807) is 38.2 Å². The van der Waals surface area contributed by atoms with Crippen LogP contribution in [0.4, 0.5) is 0 Å². The Morgan fingerprint density at radius 3 is 2.71 bits per heavy atom. The first-order valence-corrected chi connectivity index (χ1v) is 7.54. The molecule has 114 valence electrons. The smallest absolute Gasteiger partial charge is 0.191 e. The number of methoxy groups -OCH3 is 2. The second kappa shape index (κ2) is 7.28. The Balaban J connectivity index is 2.19. The van der Waals surface area contributed by atoms with E-state index in [4.69, 9.17) is 15.2 Å². The molecule has 0 saturated heterocycles. The summed E-state index contributed by atoms with van der Waals surface area (Å²) in [7, 11) is 3.21. The predicted molar refractivity (Wildman–Crippen MR) is 80.5 cm³/mol. The van der Waals surface area contributed by atoms with Crippen molar-refractivity contribution in [2.75, 3.05) is 14.2 Å². The highest BCUT2D eigenvalue weighted by Gasteiger charge is 2.14. The molecule has 0 saturated carbocycles. The fourth-order valence-corrected chi connectivity index (χ4v) is 2.94. The third-order valence-corrected chi connectivity index (χ3v) is 3.97. The van der Waals surface area contributed by atoms with Gasteiger partial charge in [0, 0.05) is 24.6 Å². The number of hydrogen-bond donors (Lipinski definition) is 1. The Morgan fingerprint density at radius 1 is 1.29 bits per heavy atom. The number of thioether (sulfide) groups is 1. The van der Waals surface area contributed by atoms with E-state index in [0.29, 0.717) is 23.8 Å². The molecule has 0 aromatic carbocycles. The van der Waals surface area contributed by atoms with Crippen LogP contribution in [0, 0.1) is 0 Å². The first kappa shape index (κ1) is 15.6. The summed E-state index contributed by atoms with van der Waals surface area (Å²) in [6, 6.07) is 1.77. The minimum absolute atomic E-state index is 0.377. The summed E-state index contributed by atoms with van der Waals surface area (Å²) < 4.78 is 12.6. The zero-order valence-electron chi connectivity index (χ0n) is 12.4. The van der Waals surface area contributed by atoms with Gasteiger partial charge in [-0.05, 0) is 6.92 Å². The van der Waals surface area contributed by atoms with Gasteiger partial charge in [-0.3, -0.25) is 4.98 Å². The lowest BCUT2D eigenvalue weighted by Crippen LogP contribution is -2.08. The summed E-state index contributed by atoms with van der Waals surface area (Å²) in [5.74, 6) is 2.71. The van der Waals surface area contributed by atoms with Gasteiger partial charge in [0.1, 0.15) is 5.82 Å². The molecule has 0 aliphatic heterocycles. The standard InChI is InChI=1S/C13H19N5O2S/c1-4-18-11(7-14)16-17-13(18)21-8-9-12(20-3)10(19-2)5-6-15-9/h5-6H,4,7-8,14H2,1-3H3. The van der Waals surface area contributed by atoms with Gasteiger partial charge < -0.3 is 19.8 Å². The zero-order chi connectivity index (χ0) is 15.2. The van der Waals surface area contributed by atoms with Crippen LogP contribution in [-0.4, -0.2) is 34.0 Å². The van der Waals surface area contributed by atoms with E-state index in [1.165, 1.54) is 0 Å². The molecule has 0 aliphatic rings. The van der Waals surface area contributed by atoms with E-state index in [9.17, 15) is 0 Å². The molecule has 0 bridgehead atoms. The van der Waals surface area contributed by atoms with Gasteiger partial charge >= 0.3 is 0 Å². The third-order valence-electron chi connectivity index (χ3n) is 3.00. The molecule has 21 heavy (non-hydrogen) atoms.